The Hall–Kier alpha value is -1.59. The van der Waals surface area contributed by atoms with Gasteiger partial charge >= 0.3 is 0 Å². The van der Waals surface area contributed by atoms with Crippen molar-refractivity contribution in [2.75, 3.05) is 19.3 Å². The first-order valence-corrected chi connectivity index (χ1v) is 10.0. The van der Waals surface area contributed by atoms with Crippen LogP contribution in [0, 0.1) is 18.8 Å². The molecule has 0 amide bonds. The number of thioether (sulfide) groups is 1. The van der Waals surface area contributed by atoms with Gasteiger partial charge in [0.15, 0.2) is 5.16 Å². The van der Waals surface area contributed by atoms with Gasteiger partial charge in [0.2, 0.25) is 0 Å². The van der Waals surface area contributed by atoms with Crippen LogP contribution in [-0.2, 0) is 12.8 Å². The second-order valence-corrected chi connectivity index (χ2v) is 8.47. The molecule has 2 aliphatic rings. The van der Waals surface area contributed by atoms with Gasteiger partial charge < -0.3 is 10.0 Å². The normalized spacial score (nSPS) is 26.1. The molecule has 5 heteroatoms. The van der Waals surface area contributed by atoms with Crippen molar-refractivity contribution in [3.05, 3.63) is 47.3 Å². The fourth-order valence-electron chi connectivity index (χ4n) is 4.45. The van der Waals surface area contributed by atoms with Gasteiger partial charge in [0.1, 0.15) is 5.75 Å². The zero-order valence-corrected chi connectivity index (χ0v) is 15.7. The molecule has 132 valence electrons. The zero-order valence-electron chi connectivity index (χ0n) is 14.9. The maximum absolute atomic E-state index is 10.2. The van der Waals surface area contributed by atoms with Crippen LogP contribution in [-0.4, -0.2) is 45.4 Å². The molecule has 4 nitrogen and oxygen atoms in total. The Bertz CT molecular complexity index is 766. The standard InChI is InChI=1S/C20H25N3OS/c1-13-6-7-21-20(22-13)25-12-14-8-16-9-17-15(4-3-5-19(17)24)10-18(16)23(2)11-14/h3-7,14,16,18,24H,8-12H2,1-2H3/t14-,16-,18-/m1/s1. The summed E-state index contributed by atoms with van der Waals surface area (Å²) in [6, 6.07) is 8.52. The van der Waals surface area contributed by atoms with E-state index in [-0.39, 0.29) is 0 Å². The number of aromatic nitrogens is 2. The molecular formula is C20H25N3OS. The summed E-state index contributed by atoms with van der Waals surface area (Å²) in [6.07, 6.45) is 5.13. The van der Waals surface area contributed by atoms with E-state index >= 15 is 0 Å². The zero-order chi connectivity index (χ0) is 17.4. The van der Waals surface area contributed by atoms with Gasteiger partial charge in [-0.05, 0) is 68.3 Å². The number of phenolic OH excluding ortho intramolecular Hbond substituents is 1. The topological polar surface area (TPSA) is 49.3 Å². The van der Waals surface area contributed by atoms with E-state index in [9.17, 15) is 5.11 Å². The maximum atomic E-state index is 10.2. The van der Waals surface area contributed by atoms with E-state index in [1.54, 1.807) is 11.8 Å². The third kappa shape index (κ3) is 3.53. The van der Waals surface area contributed by atoms with E-state index in [1.807, 2.05) is 31.3 Å². The number of fused-ring (bicyclic) bond motifs is 2. The molecule has 1 fully saturated rings. The molecule has 1 saturated heterocycles. The van der Waals surface area contributed by atoms with Gasteiger partial charge in [-0.3, -0.25) is 0 Å². The smallest absolute Gasteiger partial charge is 0.187 e. The minimum absolute atomic E-state index is 0.475. The maximum Gasteiger partial charge on any atom is 0.187 e. The van der Waals surface area contributed by atoms with Crippen LogP contribution in [0.1, 0.15) is 23.2 Å². The molecule has 2 aromatic rings. The van der Waals surface area contributed by atoms with Gasteiger partial charge in [0.05, 0.1) is 0 Å². The highest BCUT2D eigenvalue weighted by molar-refractivity contribution is 7.99. The molecular weight excluding hydrogens is 330 g/mol. The summed E-state index contributed by atoms with van der Waals surface area (Å²) in [5.41, 5.74) is 3.53. The van der Waals surface area contributed by atoms with Crippen molar-refractivity contribution in [1.29, 1.82) is 0 Å². The molecule has 0 saturated carbocycles. The van der Waals surface area contributed by atoms with Crippen molar-refractivity contribution < 1.29 is 5.11 Å². The van der Waals surface area contributed by atoms with E-state index < -0.39 is 0 Å². The number of nitrogens with zero attached hydrogens (tertiary/aromatic N) is 3. The Morgan fingerprint density at radius 1 is 1.28 bits per heavy atom. The molecule has 0 bridgehead atoms. The molecule has 1 aliphatic carbocycles. The van der Waals surface area contributed by atoms with Gasteiger partial charge in [-0.2, -0.15) is 0 Å². The molecule has 1 N–H and O–H groups in total. The summed E-state index contributed by atoms with van der Waals surface area (Å²) in [4.78, 5) is 11.4. The predicted octanol–water partition coefficient (Wildman–Crippen LogP) is 3.32. The van der Waals surface area contributed by atoms with E-state index in [1.165, 1.54) is 17.5 Å². The molecule has 1 aromatic carbocycles. The summed E-state index contributed by atoms with van der Waals surface area (Å²) < 4.78 is 0. The van der Waals surface area contributed by atoms with Crippen molar-refractivity contribution >= 4 is 11.8 Å². The Labute approximate surface area is 153 Å². The number of hydrogen-bond donors (Lipinski definition) is 1. The largest absolute Gasteiger partial charge is 0.508 e. The molecule has 3 atom stereocenters. The minimum Gasteiger partial charge on any atom is -0.508 e. The van der Waals surface area contributed by atoms with Crippen LogP contribution >= 0.6 is 11.8 Å². The molecule has 0 unspecified atom stereocenters. The van der Waals surface area contributed by atoms with E-state index in [4.69, 9.17) is 0 Å². The van der Waals surface area contributed by atoms with Crippen molar-refractivity contribution in [2.45, 2.75) is 37.4 Å². The predicted molar refractivity (Wildman–Crippen MR) is 101 cm³/mol. The quantitative estimate of drug-likeness (QED) is 0.676. The first-order chi connectivity index (χ1) is 12.1. The summed E-state index contributed by atoms with van der Waals surface area (Å²) >= 11 is 1.77. The number of likely N-dealkylation sites (tertiary alicyclic amines) is 1. The Morgan fingerprint density at radius 2 is 2.16 bits per heavy atom. The van der Waals surface area contributed by atoms with Gasteiger partial charge in [-0.1, -0.05) is 23.9 Å². The lowest BCUT2D eigenvalue weighted by atomic mass is 9.73. The molecule has 0 spiro atoms. The second-order valence-electron chi connectivity index (χ2n) is 7.48. The third-order valence-corrected chi connectivity index (χ3v) is 6.75. The number of rotatable bonds is 3. The van der Waals surface area contributed by atoms with Crippen LogP contribution in [0.15, 0.2) is 35.6 Å². The SMILES string of the molecule is Cc1ccnc(SC[C@@H]2C[C@@H]3Cc4c(O)cccc4C[C@H]3N(C)C2)n1. The molecule has 1 aliphatic heterocycles. The van der Waals surface area contributed by atoms with Crippen molar-refractivity contribution in [2.24, 2.45) is 11.8 Å². The number of likely N-dealkylation sites (N-methyl/N-ethyl adjacent to an activating group) is 1. The number of piperidine rings is 1. The van der Waals surface area contributed by atoms with Crippen LogP contribution in [0.3, 0.4) is 0 Å². The van der Waals surface area contributed by atoms with E-state index in [0.29, 0.717) is 23.6 Å². The Kier molecular flexibility index (Phi) is 4.69. The summed E-state index contributed by atoms with van der Waals surface area (Å²) in [5, 5.41) is 11.1. The monoisotopic (exact) mass is 355 g/mol. The number of phenols is 1. The van der Waals surface area contributed by atoms with E-state index in [0.717, 1.165) is 36.0 Å². The second kappa shape index (κ2) is 6.96. The third-order valence-electron chi connectivity index (χ3n) is 5.66. The minimum atomic E-state index is 0.475. The lowest BCUT2D eigenvalue weighted by Gasteiger charge is -2.46. The lowest BCUT2D eigenvalue weighted by Crippen LogP contribution is -2.50. The van der Waals surface area contributed by atoms with Crippen LogP contribution in [0.25, 0.3) is 0 Å². The lowest BCUT2D eigenvalue weighted by molar-refractivity contribution is 0.0792. The number of aromatic hydroxyl groups is 1. The first kappa shape index (κ1) is 16.9. The first-order valence-electron chi connectivity index (χ1n) is 9.02. The van der Waals surface area contributed by atoms with Crippen LogP contribution in [0.4, 0.5) is 0 Å². The fraction of sp³-hybridized carbons (Fsp3) is 0.500. The van der Waals surface area contributed by atoms with Crippen LogP contribution in [0.2, 0.25) is 0 Å². The van der Waals surface area contributed by atoms with Crippen molar-refractivity contribution in [3.63, 3.8) is 0 Å². The average Bonchev–Trinajstić information content (AvgIpc) is 2.60. The summed E-state index contributed by atoms with van der Waals surface area (Å²) in [5.74, 6) is 2.81. The molecule has 2 heterocycles. The van der Waals surface area contributed by atoms with Gasteiger partial charge in [-0.15, -0.1) is 0 Å². The summed E-state index contributed by atoms with van der Waals surface area (Å²) in [7, 11) is 2.26. The Morgan fingerprint density at radius 3 is 3.00 bits per heavy atom. The molecule has 1 aromatic heterocycles. The van der Waals surface area contributed by atoms with Crippen molar-refractivity contribution in [3.8, 4) is 5.75 Å². The van der Waals surface area contributed by atoms with Gasteiger partial charge in [0.25, 0.3) is 0 Å². The van der Waals surface area contributed by atoms with E-state index in [2.05, 4.69) is 28.0 Å². The highest BCUT2D eigenvalue weighted by Crippen LogP contribution is 2.40. The fourth-order valence-corrected chi connectivity index (χ4v) is 5.42. The van der Waals surface area contributed by atoms with Gasteiger partial charge in [-0.25, -0.2) is 9.97 Å². The summed E-state index contributed by atoms with van der Waals surface area (Å²) in [6.45, 7) is 3.14. The van der Waals surface area contributed by atoms with Crippen LogP contribution < -0.4 is 0 Å². The highest BCUT2D eigenvalue weighted by atomic mass is 32.2. The molecule has 4 rings (SSSR count). The van der Waals surface area contributed by atoms with Crippen molar-refractivity contribution in [1.82, 2.24) is 14.9 Å². The average molecular weight is 356 g/mol. The number of benzene rings is 1. The van der Waals surface area contributed by atoms with Crippen LogP contribution in [0.5, 0.6) is 5.75 Å². The van der Waals surface area contributed by atoms with Gasteiger partial charge in [0, 0.05) is 30.2 Å². The highest BCUT2D eigenvalue weighted by Gasteiger charge is 2.38. The molecule has 0 radical (unpaired) electrons. The number of hydrogen-bond acceptors (Lipinski definition) is 5. The number of aryl methyl sites for hydroxylation is 1. The molecule has 25 heavy (non-hydrogen) atoms. The Balaban J connectivity index is 1.44.